The second-order valence-electron chi connectivity index (χ2n) is 5.10. The molecule has 0 radical (unpaired) electrons. The molecule has 1 fully saturated rings. The Morgan fingerprint density at radius 2 is 2.20 bits per heavy atom. The number of hydrogen-bond acceptors (Lipinski definition) is 2. The summed E-state index contributed by atoms with van der Waals surface area (Å²) in [6.07, 6.45) is 4.32. The summed E-state index contributed by atoms with van der Waals surface area (Å²) in [6, 6.07) is 4.51. The van der Waals surface area contributed by atoms with Crippen molar-refractivity contribution >= 4 is 21.8 Å². The van der Waals surface area contributed by atoms with E-state index in [2.05, 4.69) is 21.2 Å². The standard InChI is InChI=1S/C15H19BrFNO2/c1-20-13-8-4-6-11(17)14(13)15(19)18-12-7-3-2-5-10(12)9-16/h4,6,8,10,12H,2-3,5,7,9H2,1H3,(H,18,19). The van der Waals surface area contributed by atoms with Gasteiger partial charge in [-0.2, -0.15) is 0 Å². The van der Waals surface area contributed by atoms with Gasteiger partial charge in [-0.1, -0.05) is 34.8 Å². The minimum Gasteiger partial charge on any atom is -0.496 e. The monoisotopic (exact) mass is 343 g/mol. The normalized spacial score (nSPS) is 22.4. The molecule has 1 aromatic rings. The van der Waals surface area contributed by atoms with Gasteiger partial charge in [-0.05, 0) is 30.9 Å². The molecule has 0 saturated heterocycles. The molecule has 0 aliphatic heterocycles. The van der Waals surface area contributed by atoms with Crippen molar-refractivity contribution in [2.45, 2.75) is 31.7 Å². The summed E-state index contributed by atoms with van der Waals surface area (Å²) in [5, 5.41) is 3.82. The van der Waals surface area contributed by atoms with Crippen LogP contribution in [0.15, 0.2) is 18.2 Å². The summed E-state index contributed by atoms with van der Waals surface area (Å²) < 4.78 is 19.0. The predicted octanol–water partition coefficient (Wildman–Crippen LogP) is 3.52. The second kappa shape index (κ2) is 7.07. The molecule has 0 aromatic heterocycles. The summed E-state index contributed by atoms with van der Waals surface area (Å²) in [7, 11) is 1.44. The maximum absolute atomic E-state index is 13.9. The van der Waals surface area contributed by atoms with E-state index in [0.29, 0.717) is 5.92 Å². The van der Waals surface area contributed by atoms with Crippen molar-refractivity contribution in [3.05, 3.63) is 29.6 Å². The van der Waals surface area contributed by atoms with Crippen LogP contribution in [0.4, 0.5) is 4.39 Å². The number of amides is 1. The third-order valence-electron chi connectivity index (χ3n) is 3.85. The number of hydrogen-bond donors (Lipinski definition) is 1. The molecule has 1 aliphatic rings. The lowest BCUT2D eigenvalue weighted by Crippen LogP contribution is -2.43. The van der Waals surface area contributed by atoms with Gasteiger partial charge < -0.3 is 10.1 Å². The molecular formula is C15H19BrFNO2. The van der Waals surface area contributed by atoms with Crippen LogP contribution in [0.2, 0.25) is 0 Å². The molecule has 1 amide bonds. The lowest BCUT2D eigenvalue weighted by Gasteiger charge is -2.31. The van der Waals surface area contributed by atoms with Crippen molar-refractivity contribution in [3.63, 3.8) is 0 Å². The molecule has 1 N–H and O–H groups in total. The van der Waals surface area contributed by atoms with Crippen LogP contribution in [0, 0.1) is 11.7 Å². The van der Waals surface area contributed by atoms with Crippen molar-refractivity contribution < 1.29 is 13.9 Å². The topological polar surface area (TPSA) is 38.3 Å². The fourth-order valence-electron chi connectivity index (χ4n) is 2.72. The van der Waals surface area contributed by atoms with Gasteiger partial charge in [-0.3, -0.25) is 4.79 Å². The first kappa shape index (κ1) is 15.3. The van der Waals surface area contributed by atoms with Crippen molar-refractivity contribution in [3.8, 4) is 5.75 Å². The van der Waals surface area contributed by atoms with E-state index in [4.69, 9.17) is 4.74 Å². The number of alkyl halides is 1. The average molecular weight is 344 g/mol. The van der Waals surface area contributed by atoms with Gasteiger partial charge in [0.15, 0.2) is 0 Å². The van der Waals surface area contributed by atoms with E-state index < -0.39 is 11.7 Å². The lowest BCUT2D eigenvalue weighted by atomic mass is 9.85. The molecule has 0 bridgehead atoms. The van der Waals surface area contributed by atoms with Crippen LogP contribution in [-0.4, -0.2) is 24.4 Å². The van der Waals surface area contributed by atoms with Crippen LogP contribution in [0.3, 0.4) is 0 Å². The fourth-order valence-corrected chi connectivity index (χ4v) is 3.49. The highest BCUT2D eigenvalue weighted by Crippen LogP contribution is 2.27. The quantitative estimate of drug-likeness (QED) is 0.849. The largest absolute Gasteiger partial charge is 0.496 e. The molecule has 2 unspecified atom stereocenters. The van der Waals surface area contributed by atoms with E-state index in [1.54, 1.807) is 6.07 Å². The molecule has 0 heterocycles. The summed E-state index contributed by atoms with van der Waals surface area (Å²) in [5.41, 5.74) is -0.00565. The molecule has 20 heavy (non-hydrogen) atoms. The van der Waals surface area contributed by atoms with Crippen molar-refractivity contribution in [1.82, 2.24) is 5.32 Å². The first-order chi connectivity index (χ1) is 9.67. The number of halogens is 2. The van der Waals surface area contributed by atoms with Crippen LogP contribution in [0.1, 0.15) is 36.0 Å². The Labute approximate surface area is 127 Å². The Morgan fingerprint density at radius 1 is 1.45 bits per heavy atom. The zero-order valence-electron chi connectivity index (χ0n) is 11.5. The van der Waals surface area contributed by atoms with E-state index in [-0.39, 0.29) is 17.4 Å². The Morgan fingerprint density at radius 3 is 2.90 bits per heavy atom. The first-order valence-corrected chi connectivity index (χ1v) is 7.98. The lowest BCUT2D eigenvalue weighted by molar-refractivity contribution is 0.0904. The van der Waals surface area contributed by atoms with E-state index in [1.165, 1.54) is 25.7 Å². The van der Waals surface area contributed by atoms with Gasteiger partial charge in [0.2, 0.25) is 0 Å². The number of carbonyl (C=O) groups excluding carboxylic acids is 1. The molecular weight excluding hydrogens is 325 g/mol. The third-order valence-corrected chi connectivity index (χ3v) is 4.68. The number of ether oxygens (including phenoxy) is 1. The number of benzene rings is 1. The summed E-state index contributed by atoms with van der Waals surface area (Å²) in [6.45, 7) is 0. The van der Waals surface area contributed by atoms with Gasteiger partial charge in [0.05, 0.1) is 7.11 Å². The summed E-state index contributed by atoms with van der Waals surface area (Å²) in [5.74, 6) is -0.259. The van der Waals surface area contributed by atoms with E-state index in [9.17, 15) is 9.18 Å². The third kappa shape index (κ3) is 3.32. The van der Waals surface area contributed by atoms with Crippen LogP contribution < -0.4 is 10.1 Å². The molecule has 2 atom stereocenters. The first-order valence-electron chi connectivity index (χ1n) is 6.86. The Hall–Kier alpha value is -1.10. The van der Waals surface area contributed by atoms with E-state index in [1.807, 2.05) is 0 Å². The summed E-state index contributed by atoms with van der Waals surface area (Å²) in [4.78, 5) is 12.3. The maximum atomic E-state index is 13.9. The van der Waals surface area contributed by atoms with E-state index >= 15 is 0 Å². The van der Waals surface area contributed by atoms with E-state index in [0.717, 1.165) is 24.6 Å². The number of nitrogens with one attached hydrogen (secondary N) is 1. The number of carbonyl (C=O) groups is 1. The SMILES string of the molecule is COc1cccc(F)c1C(=O)NC1CCCCC1CBr. The van der Waals surface area contributed by atoms with Gasteiger partial charge in [-0.15, -0.1) is 0 Å². The van der Waals surface area contributed by atoms with Gasteiger partial charge in [0.25, 0.3) is 5.91 Å². The fraction of sp³-hybridized carbons (Fsp3) is 0.533. The highest BCUT2D eigenvalue weighted by Gasteiger charge is 2.27. The molecule has 3 nitrogen and oxygen atoms in total. The van der Waals surface area contributed by atoms with Gasteiger partial charge >= 0.3 is 0 Å². The van der Waals surface area contributed by atoms with Crippen LogP contribution in [0.25, 0.3) is 0 Å². The number of rotatable bonds is 4. The molecule has 1 aromatic carbocycles. The predicted molar refractivity (Wildman–Crippen MR) is 80.0 cm³/mol. The zero-order valence-corrected chi connectivity index (χ0v) is 13.1. The van der Waals surface area contributed by atoms with Crippen molar-refractivity contribution in [2.75, 3.05) is 12.4 Å². The minimum atomic E-state index is -0.548. The maximum Gasteiger partial charge on any atom is 0.258 e. The Balaban J connectivity index is 2.15. The van der Waals surface area contributed by atoms with Crippen LogP contribution >= 0.6 is 15.9 Å². The van der Waals surface area contributed by atoms with Gasteiger partial charge in [0, 0.05) is 11.4 Å². The molecule has 5 heteroatoms. The van der Waals surface area contributed by atoms with Gasteiger partial charge in [0.1, 0.15) is 17.1 Å². The molecule has 1 saturated carbocycles. The highest BCUT2D eigenvalue weighted by atomic mass is 79.9. The smallest absolute Gasteiger partial charge is 0.258 e. The molecule has 1 aliphatic carbocycles. The zero-order chi connectivity index (χ0) is 14.5. The summed E-state index contributed by atoms with van der Waals surface area (Å²) >= 11 is 3.49. The van der Waals surface area contributed by atoms with Crippen LogP contribution in [-0.2, 0) is 0 Å². The van der Waals surface area contributed by atoms with Crippen molar-refractivity contribution in [2.24, 2.45) is 5.92 Å². The van der Waals surface area contributed by atoms with Gasteiger partial charge in [-0.25, -0.2) is 4.39 Å². The molecule has 110 valence electrons. The minimum absolute atomic E-state index is 0.00565. The molecule has 0 spiro atoms. The van der Waals surface area contributed by atoms with Crippen LogP contribution in [0.5, 0.6) is 5.75 Å². The Kier molecular flexibility index (Phi) is 5.40. The Bertz CT molecular complexity index is 481. The average Bonchev–Trinajstić information content (AvgIpc) is 2.47. The second-order valence-corrected chi connectivity index (χ2v) is 5.74. The molecule has 2 rings (SSSR count). The van der Waals surface area contributed by atoms with Crippen molar-refractivity contribution in [1.29, 1.82) is 0 Å². The highest BCUT2D eigenvalue weighted by molar-refractivity contribution is 9.09. The number of methoxy groups -OCH3 is 1.